The highest BCUT2D eigenvalue weighted by molar-refractivity contribution is 5.76. The number of amides is 1. The second kappa shape index (κ2) is 4.18. The molecule has 2 heterocycles. The van der Waals surface area contributed by atoms with Crippen molar-refractivity contribution in [1.82, 2.24) is 19.9 Å². The van der Waals surface area contributed by atoms with Crippen molar-refractivity contribution in [2.24, 2.45) is 0 Å². The van der Waals surface area contributed by atoms with Gasteiger partial charge in [-0.1, -0.05) is 0 Å². The number of carbonyl (C=O) groups is 1. The highest BCUT2D eigenvalue weighted by Crippen LogP contribution is 2.08. The van der Waals surface area contributed by atoms with Crippen LogP contribution in [0.2, 0.25) is 0 Å². The Morgan fingerprint density at radius 2 is 2.38 bits per heavy atom. The zero-order chi connectivity index (χ0) is 11.5. The molecule has 2 aromatic rings. The van der Waals surface area contributed by atoms with Crippen LogP contribution in [0.1, 0.15) is 17.3 Å². The molecule has 0 aliphatic rings. The molecule has 1 amide bonds. The first kappa shape index (κ1) is 10.4. The lowest BCUT2D eigenvalue weighted by Gasteiger charge is -2.02. The van der Waals surface area contributed by atoms with E-state index in [0.717, 1.165) is 5.69 Å². The van der Waals surface area contributed by atoms with Gasteiger partial charge in [0.2, 0.25) is 0 Å². The van der Waals surface area contributed by atoms with Crippen molar-refractivity contribution in [3.05, 3.63) is 36.1 Å². The van der Waals surface area contributed by atoms with Crippen molar-refractivity contribution in [1.29, 1.82) is 0 Å². The SMILES string of the molecule is Cc1nc(C)c(CNC(=O)n2ccnc2)o1. The van der Waals surface area contributed by atoms with Crippen molar-refractivity contribution in [2.75, 3.05) is 0 Å². The maximum absolute atomic E-state index is 11.5. The van der Waals surface area contributed by atoms with E-state index in [9.17, 15) is 4.79 Å². The Labute approximate surface area is 92.3 Å². The number of nitrogens with zero attached hydrogens (tertiary/aromatic N) is 3. The number of nitrogens with one attached hydrogen (secondary N) is 1. The second-order valence-electron chi connectivity index (χ2n) is 3.37. The summed E-state index contributed by atoms with van der Waals surface area (Å²) in [7, 11) is 0. The number of imidazole rings is 1. The van der Waals surface area contributed by atoms with Crippen LogP contribution in [-0.2, 0) is 6.54 Å². The minimum Gasteiger partial charge on any atom is -0.444 e. The van der Waals surface area contributed by atoms with Gasteiger partial charge in [-0.05, 0) is 6.92 Å². The first-order valence-electron chi connectivity index (χ1n) is 4.86. The topological polar surface area (TPSA) is 73.0 Å². The highest BCUT2D eigenvalue weighted by Gasteiger charge is 2.08. The van der Waals surface area contributed by atoms with Crippen LogP contribution in [-0.4, -0.2) is 20.6 Å². The van der Waals surface area contributed by atoms with E-state index < -0.39 is 0 Å². The molecule has 0 unspecified atom stereocenters. The fourth-order valence-electron chi connectivity index (χ4n) is 1.36. The molecule has 0 spiro atoms. The summed E-state index contributed by atoms with van der Waals surface area (Å²) in [4.78, 5) is 19.4. The maximum atomic E-state index is 11.5. The maximum Gasteiger partial charge on any atom is 0.327 e. The Morgan fingerprint density at radius 1 is 1.56 bits per heavy atom. The number of aromatic nitrogens is 3. The fraction of sp³-hybridized carbons (Fsp3) is 0.300. The molecule has 6 nitrogen and oxygen atoms in total. The molecule has 6 heteroatoms. The normalized spacial score (nSPS) is 10.4. The zero-order valence-electron chi connectivity index (χ0n) is 9.10. The Kier molecular flexibility index (Phi) is 2.72. The average molecular weight is 220 g/mol. The summed E-state index contributed by atoms with van der Waals surface area (Å²) < 4.78 is 6.69. The van der Waals surface area contributed by atoms with Crippen LogP contribution < -0.4 is 5.32 Å². The third-order valence-corrected chi connectivity index (χ3v) is 2.14. The molecule has 0 atom stereocenters. The molecule has 0 aliphatic carbocycles. The molecule has 0 aliphatic heterocycles. The van der Waals surface area contributed by atoms with Crippen LogP contribution in [0.25, 0.3) is 0 Å². The van der Waals surface area contributed by atoms with E-state index in [4.69, 9.17) is 4.42 Å². The van der Waals surface area contributed by atoms with E-state index in [1.807, 2.05) is 6.92 Å². The number of rotatable bonds is 2. The molecule has 2 rings (SSSR count). The number of oxazole rings is 1. The molecule has 0 fully saturated rings. The fourth-order valence-corrected chi connectivity index (χ4v) is 1.36. The van der Waals surface area contributed by atoms with E-state index in [1.54, 1.807) is 19.3 Å². The number of aryl methyl sites for hydroxylation is 2. The van der Waals surface area contributed by atoms with Gasteiger partial charge in [0.05, 0.1) is 12.2 Å². The minimum absolute atomic E-state index is 0.244. The van der Waals surface area contributed by atoms with E-state index in [0.29, 0.717) is 18.2 Å². The van der Waals surface area contributed by atoms with Gasteiger partial charge in [-0.15, -0.1) is 0 Å². The standard InChI is InChI=1S/C10H12N4O2/c1-7-9(16-8(2)13-7)5-12-10(15)14-4-3-11-6-14/h3-4,6H,5H2,1-2H3,(H,12,15). The summed E-state index contributed by atoms with van der Waals surface area (Å²) in [6, 6.07) is -0.244. The van der Waals surface area contributed by atoms with E-state index in [-0.39, 0.29) is 6.03 Å². The van der Waals surface area contributed by atoms with Crippen LogP contribution in [0.5, 0.6) is 0 Å². The monoisotopic (exact) mass is 220 g/mol. The predicted octanol–water partition coefficient (Wildman–Crippen LogP) is 1.25. The van der Waals surface area contributed by atoms with Gasteiger partial charge in [0, 0.05) is 19.3 Å². The van der Waals surface area contributed by atoms with Gasteiger partial charge < -0.3 is 9.73 Å². The lowest BCUT2D eigenvalue weighted by molar-refractivity contribution is 0.241. The lowest BCUT2D eigenvalue weighted by atomic mass is 10.4. The Balaban J connectivity index is 1.98. The summed E-state index contributed by atoms with van der Waals surface area (Å²) in [5, 5.41) is 2.71. The molecule has 0 aromatic carbocycles. The van der Waals surface area contributed by atoms with Crippen molar-refractivity contribution >= 4 is 6.03 Å². The average Bonchev–Trinajstić information content (AvgIpc) is 2.84. The molecule has 2 aromatic heterocycles. The zero-order valence-corrected chi connectivity index (χ0v) is 9.10. The summed E-state index contributed by atoms with van der Waals surface area (Å²) in [6.45, 7) is 3.94. The van der Waals surface area contributed by atoms with Gasteiger partial charge in [0.25, 0.3) is 0 Å². The first-order chi connectivity index (χ1) is 7.66. The molecule has 0 bridgehead atoms. The summed E-state index contributed by atoms with van der Waals surface area (Å²) in [5.74, 6) is 1.27. The van der Waals surface area contributed by atoms with Gasteiger partial charge in [-0.25, -0.2) is 14.8 Å². The third kappa shape index (κ3) is 2.10. The van der Waals surface area contributed by atoms with E-state index in [2.05, 4.69) is 15.3 Å². The molecule has 0 saturated carbocycles. The van der Waals surface area contributed by atoms with E-state index >= 15 is 0 Å². The molecular formula is C10H12N4O2. The highest BCUT2D eigenvalue weighted by atomic mass is 16.4. The summed E-state index contributed by atoms with van der Waals surface area (Å²) in [6.07, 6.45) is 4.56. The molecule has 16 heavy (non-hydrogen) atoms. The van der Waals surface area contributed by atoms with Gasteiger partial charge in [-0.2, -0.15) is 0 Å². The Morgan fingerprint density at radius 3 is 2.94 bits per heavy atom. The number of carbonyl (C=O) groups excluding carboxylic acids is 1. The van der Waals surface area contributed by atoms with Gasteiger partial charge in [0.1, 0.15) is 12.1 Å². The Hall–Kier alpha value is -2.11. The number of hydrogen-bond acceptors (Lipinski definition) is 4. The van der Waals surface area contributed by atoms with Gasteiger partial charge >= 0.3 is 6.03 Å². The van der Waals surface area contributed by atoms with Crippen LogP contribution >= 0.6 is 0 Å². The van der Waals surface area contributed by atoms with Crippen molar-refractivity contribution in [2.45, 2.75) is 20.4 Å². The van der Waals surface area contributed by atoms with Crippen molar-refractivity contribution in [3.63, 3.8) is 0 Å². The van der Waals surface area contributed by atoms with Crippen molar-refractivity contribution in [3.8, 4) is 0 Å². The lowest BCUT2D eigenvalue weighted by Crippen LogP contribution is -2.27. The smallest absolute Gasteiger partial charge is 0.327 e. The van der Waals surface area contributed by atoms with Crippen LogP contribution in [0.3, 0.4) is 0 Å². The van der Waals surface area contributed by atoms with Crippen molar-refractivity contribution < 1.29 is 9.21 Å². The first-order valence-corrected chi connectivity index (χ1v) is 4.86. The minimum atomic E-state index is -0.244. The largest absolute Gasteiger partial charge is 0.444 e. The van der Waals surface area contributed by atoms with Gasteiger partial charge in [-0.3, -0.25) is 4.57 Å². The molecular weight excluding hydrogens is 208 g/mol. The van der Waals surface area contributed by atoms with Crippen LogP contribution in [0.4, 0.5) is 4.79 Å². The third-order valence-electron chi connectivity index (χ3n) is 2.14. The molecule has 0 radical (unpaired) electrons. The molecule has 1 N–H and O–H groups in total. The molecule has 84 valence electrons. The second-order valence-corrected chi connectivity index (χ2v) is 3.37. The number of hydrogen-bond donors (Lipinski definition) is 1. The predicted molar refractivity (Wildman–Crippen MR) is 55.8 cm³/mol. The van der Waals surface area contributed by atoms with Crippen LogP contribution in [0.15, 0.2) is 23.1 Å². The quantitative estimate of drug-likeness (QED) is 0.826. The van der Waals surface area contributed by atoms with E-state index in [1.165, 1.54) is 10.9 Å². The summed E-state index contributed by atoms with van der Waals surface area (Å²) in [5.41, 5.74) is 0.795. The van der Waals surface area contributed by atoms with Gasteiger partial charge in [0.15, 0.2) is 5.89 Å². The Bertz CT molecular complexity index is 487. The summed E-state index contributed by atoms with van der Waals surface area (Å²) >= 11 is 0. The molecule has 0 saturated heterocycles. The van der Waals surface area contributed by atoms with Crippen LogP contribution in [0, 0.1) is 13.8 Å².